The summed E-state index contributed by atoms with van der Waals surface area (Å²) in [6, 6.07) is 7.54. The molecule has 1 aromatic rings. The van der Waals surface area contributed by atoms with Crippen molar-refractivity contribution in [2.75, 3.05) is 30.7 Å². The minimum absolute atomic E-state index is 0.220. The van der Waals surface area contributed by atoms with E-state index in [1.54, 1.807) is 6.92 Å². The topological polar surface area (TPSA) is 83.5 Å². The third-order valence-electron chi connectivity index (χ3n) is 4.26. The number of hydrogen-bond donors (Lipinski definition) is 2. The van der Waals surface area contributed by atoms with Crippen molar-refractivity contribution in [1.29, 1.82) is 0 Å². The lowest BCUT2D eigenvalue weighted by Crippen LogP contribution is -2.50. The number of nitrogens with zero attached hydrogens (tertiary/aromatic N) is 1. The number of nitrogens with one attached hydrogen (secondary N) is 1. The van der Waals surface area contributed by atoms with Crippen LogP contribution in [0.25, 0.3) is 0 Å². The number of carbonyl (C=O) groups is 1. The van der Waals surface area contributed by atoms with Gasteiger partial charge in [0.1, 0.15) is 5.69 Å². The van der Waals surface area contributed by atoms with Gasteiger partial charge < -0.3 is 5.32 Å². The zero-order valence-corrected chi connectivity index (χ0v) is 15.4. The molecule has 0 atom stereocenters. The van der Waals surface area contributed by atoms with Crippen molar-refractivity contribution >= 4 is 27.4 Å². The van der Waals surface area contributed by atoms with Gasteiger partial charge in [0.2, 0.25) is 0 Å². The second-order valence-electron chi connectivity index (χ2n) is 5.92. The smallest absolute Gasteiger partial charge is 0.265 e. The Kier molecular flexibility index (Phi) is 7.13. The van der Waals surface area contributed by atoms with Crippen molar-refractivity contribution in [3.8, 4) is 0 Å². The van der Waals surface area contributed by atoms with Crippen LogP contribution in [0.2, 0.25) is 0 Å². The van der Waals surface area contributed by atoms with E-state index in [1.165, 1.54) is 0 Å². The quantitative estimate of drug-likeness (QED) is 0.405. The van der Waals surface area contributed by atoms with Gasteiger partial charge in [-0.2, -0.15) is 8.42 Å². The highest BCUT2D eigenvalue weighted by molar-refractivity contribution is 7.85. The standard InChI is InChI=1S/C17H26N2O4S/c1-5-19(6-2,12-7-13-24(21,22)23)16-10-8-15(9-11-16)18-17(20)14(3)4/h8-11H,3,5-7,12-13H2,1-2,4H3,(H-,18,20,21,22,23)/p+1. The fourth-order valence-electron chi connectivity index (χ4n) is 2.68. The third kappa shape index (κ3) is 5.74. The number of hydrogen-bond acceptors (Lipinski definition) is 3. The molecular weight excluding hydrogens is 328 g/mol. The van der Waals surface area contributed by atoms with E-state index in [-0.39, 0.29) is 11.7 Å². The molecule has 0 saturated heterocycles. The number of rotatable bonds is 9. The van der Waals surface area contributed by atoms with Gasteiger partial charge in [-0.3, -0.25) is 13.8 Å². The van der Waals surface area contributed by atoms with Crippen LogP contribution < -0.4 is 9.80 Å². The highest BCUT2D eigenvalue weighted by atomic mass is 32.2. The van der Waals surface area contributed by atoms with Crippen LogP contribution in [0.5, 0.6) is 0 Å². The first kappa shape index (κ1) is 20.3. The summed E-state index contributed by atoms with van der Waals surface area (Å²) in [4.78, 5) is 11.6. The molecule has 6 nitrogen and oxygen atoms in total. The maximum absolute atomic E-state index is 11.6. The summed E-state index contributed by atoms with van der Waals surface area (Å²) >= 11 is 0. The molecule has 0 fully saturated rings. The first-order chi connectivity index (χ1) is 11.1. The summed E-state index contributed by atoms with van der Waals surface area (Å²) in [5.74, 6) is -0.456. The second-order valence-corrected chi connectivity index (χ2v) is 7.49. The highest BCUT2D eigenvalue weighted by Gasteiger charge is 2.26. The van der Waals surface area contributed by atoms with Crippen molar-refractivity contribution in [1.82, 2.24) is 4.48 Å². The molecule has 0 saturated carbocycles. The molecule has 24 heavy (non-hydrogen) atoms. The molecule has 1 rings (SSSR count). The average molecular weight is 355 g/mol. The molecule has 0 aliphatic carbocycles. The molecule has 0 spiro atoms. The highest BCUT2D eigenvalue weighted by Crippen LogP contribution is 2.25. The maximum Gasteiger partial charge on any atom is 0.265 e. The van der Waals surface area contributed by atoms with Gasteiger partial charge in [-0.05, 0) is 32.9 Å². The summed E-state index contributed by atoms with van der Waals surface area (Å²) in [5, 5.41) is 2.76. The third-order valence-corrected chi connectivity index (χ3v) is 5.06. The van der Waals surface area contributed by atoms with Crippen LogP contribution in [-0.4, -0.2) is 44.3 Å². The van der Waals surface area contributed by atoms with Gasteiger partial charge in [-0.15, -0.1) is 0 Å². The van der Waals surface area contributed by atoms with Gasteiger partial charge in [-0.25, -0.2) is 0 Å². The van der Waals surface area contributed by atoms with Crippen LogP contribution in [0.1, 0.15) is 27.2 Å². The number of anilines is 1. The Bertz CT molecular complexity index is 677. The minimum atomic E-state index is -3.94. The Labute approximate surface area is 144 Å². The van der Waals surface area contributed by atoms with Crippen molar-refractivity contribution in [3.05, 3.63) is 36.4 Å². The molecule has 0 unspecified atom stereocenters. The lowest BCUT2D eigenvalue weighted by molar-refractivity contribution is -0.112. The van der Waals surface area contributed by atoms with E-state index in [1.807, 2.05) is 38.1 Å². The van der Waals surface area contributed by atoms with Gasteiger partial charge >= 0.3 is 0 Å². The number of carbonyl (C=O) groups excluding carboxylic acids is 1. The average Bonchev–Trinajstić information content (AvgIpc) is 2.51. The molecule has 0 aromatic heterocycles. The molecule has 0 aliphatic rings. The normalized spacial score (nSPS) is 12.0. The minimum Gasteiger partial charge on any atom is -0.322 e. The lowest BCUT2D eigenvalue weighted by Gasteiger charge is -2.36. The Balaban J connectivity index is 2.91. The number of benzene rings is 1. The molecule has 7 heteroatoms. The molecule has 134 valence electrons. The van der Waals surface area contributed by atoms with E-state index in [0.717, 1.165) is 18.8 Å². The largest absolute Gasteiger partial charge is 0.322 e. The second kappa shape index (κ2) is 8.41. The van der Waals surface area contributed by atoms with E-state index >= 15 is 0 Å². The molecule has 0 bridgehead atoms. The molecule has 1 amide bonds. The Morgan fingerprint density at radius 3 is 2.17 bits per heavy atom. The van der Waals surface area contributed by atoms with Crippen molar-refractivity contribution in [2.24, 2.45) is 0 Å². The fraction of sp³-hybridized carbons (Fsp3) is 0.471. The molecule has 0 radical (unpaired) electrons. The van der Waals surface area contributed by atoms with Gasteiger partial charge in [-0.1, -0.05) is 6.58 Å². The summed E-state index contributed by atoms with van der Waals surface area (Å²) < 4.78 is 31.4. The molecule has 0 aliphatic heterocycles. The zero-order chi connectivity index (χ0) is 18.4. The van der Waals surface area contributed by atoms with E-state index in [9.17, 15) is 13.2 Å². The number of quaternary nitrogens is 1. The lowest BCUT2D eigenvalue weighted by atomic mass is 10.2. The summed E-state index contributed by atoms with van der Waals surface area (Å²) in [6.07, 6.45) is 0.384. The first-order valence-corrected chi connectivity index (χ1v) is 9.63. The Morgan fingerprint density at radius 1 is 1.21 bits per heavy atom. The monoisotopic (exact) mass is 355 g/mol. The summed E-state index contributed by atoms with van der Waals surface area (Å²) in [5.41, 5.74) is 2.18. The first-order valence-electron chi connectivity index (χ1n) is 8.02. The Hall–Kier alpha value is -1.70. The predicted octanol–water partition coefficient (Wildman–Crippen LogP) is 2.83. The van der Waals surface area contributed by atoms with Crippen molar-refractivity contribution < 1.29 is 17.8 Å². The Morgan fingerprint density at radius 2 is 1.75 bits per heavy atom. The van der Waals surface area contributed by atoms with E-state index in [0.29, 0.717) is 28.7 Å². The summed E-state index contributed by atoms with van der Waals surface area (Å²) in [6.45, 7) is 11.6. The van der Waals surface area contributed by atoms with Crippen LogP contribution in [0.4, 0.5) is 11.4 Å². The van der Waals surface area contributed by atoms with Gasteiger partial charge in [0, 0.05) is 29.8 Å². The summed E-state index contributed by atoms with van der Waals surface area (Å²) in [7, 11) is -3.94. The van der Waals surface area contributed by atoms with Gasteiger partial charge in [0.25, 0.3) is 16.0 Å². The van der Waals surface area contributed by atoms with Crippen LogP contribution >= 0.6 is 0 Å². The van der Waals surface area contributed by atoms with Crippen molar-refractivity contribution in [3.63, 3.8) is 0 Å². The van der Waals surface area contributed by atoms with Crippen LogP contribution in [0.3, 0.4) is 0 Å². The van der Waals surface area contributed by atoms with Crippen LogP contribution in [-0.2, 0) is 14.9 Å². The zero-order valence-electron chi connectivity index (χ0n) is 14.6. The van der Waals surface area contributed by atoms with Gasteiger partial charge in [0.05, 0.1) is 25.4 Å². The molecule has 0 heterocycles. The van der Waals surface area contributed by atoms with Crippen molar-refractivity contribution in [2.45, 2.75) is 27.2 Å². The maximum atomic E-state index is 11.6. The van der Waals surface area contributed by atoms with E-state index in [4.69, 9.17) is 4.55 Å². The SMILES string of the molecule is C=C(C)C(=O)Nc1ccc([N+](CC)(CC)CCCS(=O)(=O)O)cc1. The van der Waals surface area contributed by atoms with Crippen LogP contribution in [0, 0.1) is 0 Å². The van der Waals surface area contributed by atoms with Crippen LogP contribution in [0.15, 0.2) is 36.4 Å². The predicted molar refractivity (Wildman–Crippen MR) is 98.7 cm³/mol. The fourth-order valence-corrected chi connectivity index (χ4v) is 3.18. The van der Waals surface area contributed by atoms with E-state index < -0.39 is 10.1 Å². The van der Waals surface area contributed by atoms with Gasteiger partial charge in [0.15, 0.2) is 0 Å². The number of amides is 1. The molecule has 2 N–H and O–H groups in total. The molecular formula is C17H27N2O4S+. The molecule has 1 aromatic carbocycles. The van der Waals surface area contributed by atoms with E-state index in [2.05, 4.69) is 11.9 Å².